The molecule has 3 aromatic heterocycles. The summed E-state index contributed by atoms with van der Waals surface area (Å²) in [4.78, 5) is 4.45. The maximum Gasteiger partial charge on any atom is 0.153 e. The van der Waals surface area contributed by atoms with Crippen molar-refractivity contribution in [3.8, 4) is 17.1 Å². The summed E-state index contributed by atoms with van der Waals surface area (Å²) < 4.78 is 4.18. The molecule has 0 N–H and O–H groups in total. The Labute approximate surface area is 158 Å². The van der Waals surface area contributed by atoms with Gasteiger partial charge in [-0.15, -0.1) is 0 Å². The van der Waals surface area contributed by atoms with Crippen LogP contribution in [0.4, 0.5) is 0 Å². The van der Waals surface area contributed by atoms with Gasteiger partial charge in [-0.3, -0.25) is 4.68 Å². The fraction of sp³-hybridized carbons (Fsp3) is 0.318. The van der Waals surface area contributed by atoms with Crippen LogP contribution in [0.2, 0.25) is 0 Å². The molecule has 3 heterocycles. The van der Waals surface area contributed by atoms with Crippen molar-refractivity contribution >= 4 is 10.9 Å². The van der Waals surface area contributed by atoms with Crippen LogP contribution in [0.3, 0.4) is 0 Å². The molecule has 0 radical (unpaired) electrons. The van der Waals surface area contributed by atoms with Crippen molar-refractivity contribution in [1.82, 2.24) is 24.5 Å². The van der Waals surface area contributed by atoms with Crippen LogP contribution < -0.4 is 0 Å². The first-order valence-corrected chi connectivity index (χ1v) is 9.82. The van der Waals surface area contributed by atoms with Crippen molar-refractivity contribution in [1.29, 1.82) is 0 Å². The molecule has 1 aliphatic carbocycles. The molecule has 5 nitrogen and oxygen atoms in total. The van der Waals surface area contributed by atoms with Gasteiger partial charge in [0, 0.05) is 17.1 Å². The Morgan fingerprint density at radius 1 is 1.04 bits per heavy atom. The van der Waals surface area contributed by atoms with Crippen LogP contribution in [-0.4, -0.2) is 24.5 Å². The van der Waals surface area contributed by atoms with Gasteiger partial charge < -0.3 is 0 Å². The summed E-state index contributed by atoms with van der Waals surface area (Å²) in [7, 11) is 0. The zero-order chi connectivity index (χ0) is 18.2. The Hall–Kier alpha value is -2.95. The van der Waals surface area contributed by atoms with Crippen LogP contribution in [0, 0.1) is 0 Å². The van der Waals surface area contributed by atoms with Gasteiger partial charge in [0.25, 0.3) is 0 Å². The van der Waals surface area contributed by atoms with Crippen molar-refractivity contribution in [2.75, 3.05) is 0 Å². The van der Waals surface area contributed by atoms with Crippen LogP contribution >= 0.6 is 0 Å². The lowest BCUT2D eigenvalue weighted by atomic mass is 10.1. The summed E-state index contributed by atoms with van der Waals surface area (Å²) in [6.07, 6.45) is 9.67. The molecule has 5 heteroatoms. The van der Waals surface area contributed by atoms with Crippen LogP contribution in [-0.2, 0) is 6.42 Å². The van der Waals surface area contributed by atoms with Crippen molar-refractivity contribution in [3.05, 3.63) is 60.6 Å². The van der Waals surface area contributed by atoms with E-state index in [0.29, 0.717) is 6.04 Å². The Morgan fingerprint density at radius 3 is 2.70 bits per heavy atom. The molecule has 0 atom stereocenters. The van der Waals surface area contributed by atoms with Crippen molar-refractivity contribution in [2.24, 2.45) is 0 Å². The minimum absolute atomic E-state index is 0.531. The SMILES string of the molecule is CCc1nn(C2CCCC2)c2cc(-c3ccnn3-c3ccccn3)ccc12. The molecule has 1 fully saturated rings. The molecule has 0 aliphatic heterocycles. The zero-order valence-electron chi connectivity index (χ0n) is 15.5. The lowest BCUT2D eigenvalue weighted by Gasteiger charge is -2.12. The molecule has 4 aromatic rings. The van der Waals surface area contributed by atoms with Crippen LogP contribution in [0.5, 0.6) is 0 Å². The van der Waals surface area contributed by atoms with E-state index < -0.39 is 0 Å². The first kappa shape index (κ1) is 16.2. The molecular weight excluding hydrogens is 334 g/mol. The van der Waals surface area contributed by atoms with E-state index in [1.807, 2.05) is 35.1 Å². The molecular formula is C22H23N5. The Bertz CT molecular complexity index is 1070. The predicted molar refractivity (Wildman–Crippen MR) is 107 cm³/mol. The van der Waals surface area contributed by atoms with Gasteiger partial charge in [0.15, 0.2) is 5.82 Å². The predicted octanol–water partition coefficient (Wildman–Crippen LogP) is 4.96. The fourth-order valence-electron chi connectivity index (χ4n) is 4.23. The van der Waals surface area contributed by atoms with E-state index in [2.05, 4.69) is 39.9 Å². The standard InChI is InChI=1S/C22H23N5/c1-2-19-18-11-10-16(15-21(18)26(25-19)17-7-3-4-8-17)20-12-14-24-27(20)22-9-5-6-13-23-22/h5-6,9-15,17H,2-4,7-8H2,1H3. The normalized spacial score (nSPS) is 15.0. The second kappa shape index (κ2) is 6.65. The number of pyridine rings is 1. The number of fused-ring (bicyclic) bond motifs is 1. The van der Waals surface area contributed by atoms with Gasteiger partial charge in [0.2, 0.25) is 0 Å². The number of hydrogen-bond acceptors (Lipinski definition) is 3. The summed E-state index contributed by atoms with van der Waals surface area (Å²) in [6, 6.07) is 15.1. The van der Waals surface area contributed by atoms with Crippen LogP contribution in [0.1, 0.15) is 44.3 Å². The number of aryl methyl sites for hydroxylation is 1. The summed E-state index contributed by atoms with van der Waals surface area (Å²) in [5, 5.41) is 10.7. The maximum atomic E-state index is 4.97. The highest BCUT2D eigenvalue weighted by molar-refractivity contribution is 5.86. The van der Waals surface area contributed by atoms with E-state index >= 15 is 0 Å². The molecule has 27 heavy (non-hydrogen) atoms. The third kappa shape index (κ3) is 2.74. The smallest absolute Gasteiger partial charge is 0.153 e. The van der Waals surface area contributed by atoms with Crippen molar-refractivity contribution in [2.45, 2.75) is 45.1 Å². The molecule has 0 amide bonds. The van der Waals surface area contributed by atoms with E-state index in [1.54, 1.807) is 6.20 Å². The Kier molecular flexibility index (Phi) is 4.00. The molecule has 0 spiro atoms. The van der Waals surface area contributed by atoms with Gasteiger partial charge in [0.05, 0.1) is 29.1 Å². The van der Waals surface area contributed by atoms with Gasteiger partial charge in [-0.1, -0.05) is 38.0 Å². The average Bonchev–Trinajstić information content (AvgIpc) is 3.46. The highest BCUT2D eigenvalue weighted by Crippen LogP contribution is 2.34. The summed E-state index contributed by atoms with van der Waals surface area (Å²) in [5.74, 6) is 0.830. The van der Waals surface area contributed by atoms with Gasteiger partial charge in [0.1, 0.15) is 0 Å². The van der Waals surface area contributed by atoms with Gasteiger partial charge in [-0.05, 0) is 43.5 Å². The highest BCUT2D eigenvalue weighted by Gasteiger charge is 2.22. The number of hydrogen-bond donors (Lipinski definition) is 0. The highest BCUT2D eigenvalue weighted by atomic mass is 15.3. The molecule has 1 aromatic carbocycles. The number of nitrogens with zero attached hydrogens (tertiary/aromatic N) is 5. The fourth-order valence-corrected chi connectivity index (χ4v) is 4.23. The van der Waals surface area contributed by atoms with E-state index in [0.717, 1.165) is 23.5 Å². The first-order chi connectivity index (χ1) is 13.3. The zero-order valence-corrected chi connectivity index (χ0v) is 15.5. The second-order valence-corrected chi connectivity index (χ2v) is 7.23. The van der Waals surface area contributed by atoms with Crippen molar-refractivity contribution < 1.29 is 0 Å². The molecule has 5 rings (SSSR count). The molecule has 0 saturated heterocycles. The Balaban J connectivity index is 1.65. The number of rotatable bonds is 4. The molecule has 1 aliphatic rings. The minimum atomic E-state index is 0.531. The minimum Gasteiger partial charge on any atom is -0.262 e. The maximum absolute atomic E-state index is 4.97. The van der Waals surface area contributed by atoms with Crippen LogP contribution in [0.25, 0.3) is 28.0 Å². The topological polar surface area (TPSA) is 48.5 Å². The third-order valence-corrected chi connectivity index (χ3v) is 5.59. The van der Waals surface area contributed by atoms with E-state index in [-0.39, 0.29) is 0 Å². The number of aromatic nitrogens is 5. The summed E-state index contributed by atoms with van der Waals surface area (Å²) in [6.45, 7) is 2.19. The van der Waals surface area contributed by atoms with E-state index in [9.17, 15) is 0 Å². The van der Waals surface area contributed by atoms with Gasteiger partial charge in [-0.2, -0.15) is 10.2 Å². The molecule has 136 valence electrons. The lowest BCUT2D eigenvalue weighted by molar-refractivity contribution is 0.478. The Morgan fingerprint density at radius 2 is 1.93 bits per heavy atom. The van der Waals surface area contributed by atoms with E-state index in [4.69, 9.17) is 5.10 Å². The average molecular weight is 357 g/mol. The number of benzene rings is 1. The molecule has 0 bridgehead atoms. The molecule has 1 saturated carbocycles. The molecule has 0 unspecified atom stereocenters. The quantitative estimate of drug-likeness (QED) is 0.518. The van der Waals surface area contributed by atoms with Crippen LogP contribution in [0.15, 0.2) is 54.9 Å². The van der Waals surface area contributed by atoms with Gasteiger partial charge in [-0.25, -0.2) is 9.67 Å². The van der Waals surface area contributed by atoms with E-state index in [1.165, 1.54) is 42.3 Å². The van der Waals surface area contributed by atoms with Gasteiger partial charge >= 0.3 is 0 Å². The monoisotopic (exact) mass is 357 g/mol. The lowest BCUT2D eigenvalue weighted by Crippen LogP contribution is -2.07. The largest absolute Gasteiger partial charge is 0.262 e. The second-order valence-electron chi connectivity index (χ2n) is 7.23. The van der Waals surface area contributed by atoms with Crippen molar-refractivity contribution in [3.63, 3.8) is 0 Å². The summed E-state index contributed by atoms with van der Waals surface area (Å²) >= 11 is 0. The first-order valence-electron chi connectivity index (χ1n) is 9.82. The summed E-state index contributed by atoms with van der Waals surface area (Å²) in [5.41, 5.74) is 4.63. The third-order valence-electron chi connectivity index (χ3n) is 5.59.